The van der Waals surface area contributed by atoms with E-state index < -0.39 is 10.0 Å². The monoisotopic (exact) mass is 539 g/mol. The van der Waals surface area contributed by atoms with Crippen molar-refractivity contribution in [2.75, 3.05) is 48.2 Å². The zero-order chi connectivity index (χ0) is 24.4. The van der Waals surface area contributed by atoms with Gasteiger partial charge in [-0.15, -0.1) is 11.8 Å². The molecule has 0 aliphatic heterocycles. The van der Waals surface area contributed by atoms with Gasteiger partial charge in [-0.2, -0.15) is 0 Å². The zero-order valence-corrected chi connectivity index (χ0v) is 21.6. The number of hydrogen-bond donors (Lipinski definition) is 2. The highest BCUT2D eigenvalue weighted by molar-refractivity contribution is 7.99. The number of hydrogen-bond acceptors (Lipinski definition) is 6. The Hall–Kier alpha value is -1.94. The molecule has 34 heavy (non-hydrogen) atoms. The van der Waals surface area contributed by atoms with Crippen LogP contribution in [0.1, 0.15) is 0 Å². The largest absolute Gasteiger partial charge is 0.383 e. The van der Waals surface area contributed by atoms with Crippen LogP contribution in [0.15, 0.2) is 82.6 Å². The van der Waals surface area contributed by atoms with E-state index >= 15 is 0 Å². The van der Waals surface area contributed by atoms with Crippen LogP contribution in [0.4, 0.5) is 11.4 Å². The first-order valence-electron chi connectivity index (χ1n) is 10.7. The summed E-state index contributed by atoms with van der Waals surface area (Å²) in [5, 5.41) is 4.55. The van der Waals surface area contributed by atoms with Crippen LogP contribution in [-0.2, 0) is 14.8 Å². The van der Waals surface area contributed by atoms with E-state index in [0.717, 1.165) is 16.3 Å². The van der Waals surface area contributed by atoms with Gasteiger partial charge in [0, 0.05) is 33.8 Å². The Balaban J connectivity index is 1.78. The van der Waals surface area contributed by atoms with E-state index in [1.807, 2.05) is 42.5 Å². The average Bonchev–Trinajstić information content (AvgIpc) is 2.83. The number of ether oxygens (including phenoxy) is 1. The summed E-state index contributed by atoms with van der Waals surface area (Å²) in [7, 11) is -3.85. The molecule has 6 nitrogen and oxygen atoms in total. The number of thioether (sulfide) groups is 1. The van der Waals surface area contributed by atoms with Gasteiger partial charge in [0.05, 0.1) is 36.0 Å². The molecule has 3 aromatic carbocycles. The van der Waals surface area contributed by atoms with Gasteiger partial charge in [0.2, 0.25) is 0 Å². The van der Waals surface area contributed by atoms with Crippen LogP contribution in [0, 0.1) is 0 Å². The summed E-state index contributed by atoms with van der Waals surface area (Å²) in [6.07, 6.45) is 0. The van der Waals surface area contributed by atoms with Crippen molar-refractivity contribution < 1.29 is 13.2 Å². The molecule has 0 unspecified atom stereocenters. The molecule has 182 valence electrons. The molecule has 0 saturated heterocycles. The van der Waals surface area contributed by atoms with E-state index in [2.05, 4.69) is 5.32 Å². The minimum atomic E-state index is -3.85. The summed E-state index contributed by atoms with van der Waals surface area (Å²) in [6.45, 7) is 1.72. The second-order valence-corrected chi connectivity index (χ2v) is 11.1. The third-order valence-electron chi connectivity index (χ3n) is 4.78. The number of benzene rings is 3. The van der Waals surface area contributed by atoms with E-state index in [1.165, 1.54) is 16.4 Å². The Labute approximate surface area is 215 Å². The molecule has 0 aliphatic rings. The molecule has 3 N–H and O–H groups in total. The Kier molecular flexibility index (Phi) is 10.4. The normalized spacial score (nSPS) is 11.4. The minimum absolute atomic E-state index is 0.142. The Morgan fingerprint density at radius 3 is 2.24 bits per heavy atom. The number of nitrogens with zero attached hydrogens (tertiary/aromatic N) is 1. The highest BCUT2D eigenvalue weighted by Crippen LogP contribution is 2.31. The van der Waals surface area contributed by atoms with E-state index in [0.29, 0.717) is 35.4 Å². The van der Waals surface area contributed by atoms with Gasteiger partial charge in [0.1, 0.15) is 0 Å². The van der Waals surface area contributed by atoms with Crippen LogP contribution in [0.2, 0.25) is 10.0 Å². The lowest BCUT2D eigenvalue weighted by molar-refractivity contribution is 0.150. The number of nitrogens with one attached hydrogen (secondary N) is 1. The standard InChI is InChI=1S/C24H27Cl2N3O3S2/c25-19-5-9-21(10-6-19)33-18-14-28-23-3-1-2-4-24(23)29(15-17-32-16-13-27)34(30,31)22-11-7-20(26)8-12-22/h1-12,28H,13-18,27H2. The van der Waals surface area contributed by atoms with Gasteiger partial charge in [-0.1, -0.05) is 35.3 Å². The Bertz CT molecular complexity index is 1140. The lowest BCUT2D eigenvalue weighted by Crippen LogP contribution is -2.35. The van der Waals surface area contributed by atoms with Crippen molar-refractivity contribution in [3.05, 3.63) is 82.8 Å². The first kappa shape index (κ1) is 26.7. The van der Waals surface area contributed by atoms with Crippen LogP contribution in [0.5, 0.6) is 0 Å². The van der Waals surface area contributed by atoms with E-state index in [4.69, 9.17) is 33.7 Å². The van der Waals surface area contributed by atoms with Gasteiger partial charge in [-0.25, -0.2) is 8.42 Å². The van der Waals surface area contributed by atoms with Gasteiger partial charge in [0.15, 0.2) is 0 Å². The predicted molar refractivity (Wildman–Crippen MR) is 143 cm³/mol. The lowest BCUT2D eigenvalue weighted by Gasteiger charge is -2.27. The van der Waals surface area contributed by atoms with Crippen molar-refractivity contribution in [3.63, 3.8) is 0 Å². The lowest BCUT2D eigenvalue weighted by atomic mass is 10.2. The molecule has 0 aliphatic carbocycles. The van der Waals surface area contributed by atoms with E-state index in [1.54, 1.807) is 30.0 Å². The van der Waals surface area contributed by atoms with Crippen molar-refractivity contribution >= 4 is 56.4 Å². The second kappa shape index (κ2) is 13.2. The number of rotatable bonds is 13. The SMILES string of the molecule is NCCOCCN(c1ccccc1NCCSc1ccc(Cl)cc1)S(=O)(=O)c1ccc(Cl)cc1. The first-order chi connectivity index (χ1) is 16.4. The molecule has 0 saturated carbocycles. The van der Waals surface area contributed by atoms with Crippen LogP contribution in [-0.4, -0.2) is 47.0 Å². The topological polar surface area (TPSA) is 84.7 Å². The molecule has 0 aromatic heterocycles. The summed E-state index contributed by atoms with van der Waals surface area (Å²) in [4.78, 5) is 1.27. The maximum Gasteiger partial charge on any atom is 0.264 e. The van der Waals surface area contributed by atoms with Crippen LogP contribution in [0.25, 0.3) is 0 Å². The zero-order valence-electron chi connectivity index (χ0n) is 18.5. The first-order valence-corrected chi connectivity index (χ1v) is 13.9. The number of nitrogens with two attached hydrogens (primary N) is 1. The van der Waals surface area contributed by atoms with Crippen molar-refractivity contribution in [2.45, 2.75) is 9.79 Å². The van der Waals surface area contributed by atoms with Gasteiger partial charge < -0.3 is 15.8 Å². The fourth-order valence-corrected chi connectivity index (χ4v) is 5.65. The molecular weight excluding hydrogens is 513 g/mol. The highest BCUT2D eigenvalue weighted by atomic mass is 35.5. The summed E-state index contributed by atoms with van der Waals surface area (Å²) in [6, 6.07) is 21.1. The molecule has 0 radical (unpaired) electrons. The van der Waals surface area contributed by atoms with Crippen molar-refractivity contribution in [1.82, 2.24) is 0 Å². The third kappa shape index (κ3) is 7.53. The maximum atomic E-state index is 13.6. The molecule has 0 amide bonds. The molecule has 3 aromatic rings. The fraction of sp³-hybridized carbons (Fsp3) is 0.250. The number of anilines is 2. The van der Waals surface area contributed by atoms with Crippen molar-refractivity contribution in [1.29, 1.82) is 0 Å². The minimum Gasteiger partial charge on any atom is -0.383 e. The summed E-state index contributed by atoms with van der Waals surface area (Å²) in [5.41, 5.74) is 6.77. The quantitative estimate of drug-likeness (QED) is 0.224. The smallest absolute Gasteiger partial charge is 0.264 e. The summed E-state index contributed by atoms with van der Waals surface area (Å²) in [5.74, 6) is 0.791. The van der Waals surface area contributed by atoms with E-state index in [9.17, 15) is 8.42 Å². The molecule has 0 spiro atoms. The fourth-order valence-electron chi connectivity index (χ4n) is 3.16. The molecule has 0 fully saturated rings. The molecule has 10 heteroatoms. The number of para-hydroxylation sites is 2. The second-order valence-electron chi connectivity index (χ2n) is 7.18. The van der Waals surface area contributed by atoms with Gasteiger partial charge >= 0.3 is 0 Å². The maximum absolute atomic E-state index is 13.6. The molecule has 0 bridgehead atoms. The number of halogens is 2. The third-order valence-corrected chi connectivity index (χ3v) is 8.12. The van der Waals surface area contributed by atoms with E-state index in [-0.39, 0.29) is 18.0 Å². The predicted octanol–water partition coefficient (Wildman–Crippen LogP) is 5.37. The molecule has 3 rings (SSSR count). The Morgan fingerprint density at radius 1 is 0.912 bits per heavy atom. The van der Waals surface area contributed by atoms with Gasteiger partial charge in [0.25, 0.3) is 10.0 Å². The van der Waals surface area contributed by atoms with Crippen LogP contribution in [0.3, 0.4) is 0 Å². The average molecular weight is 541 g/mol. The Morgan fingerprint density at radius 2 is 1.56 bits per heavy atom. The molecule has 0 atom stereocenters. The van der Waals surface area contributed by atoms with Gasteiger partial charge in [-0.3, -0.25) is 4.31 Å². The van der Waals surface area contributed by atoms with Gasteiger partial charge in [-0.05, 0) is 60.7 Å². The number of sulfonamides is 1. The molecule has 0 heterocycles. The van der Waals surface area contributed by atoms with Crippen molar-refractivity contribution in [3.8, 4) is 0 Å². The van der Waals surface area contributed by atoms with Crippen molar-refractivity contribution in [2.24, 2.45) is 5.73 Å². The molecular formula is C24H27Cl2N3O3S2. The summed E-state index contributed by atoms with van der Waals surface area (Å²) >= 11 is 13.6. The summed E-state index contributed by atoms with van der Waals surface area (Å²) < 4.78 is 34.0. The highest BCUT2D eigenvalue weighted by Gasteiger charge is 2.26. The van der Waals surface area contributed by atoms with Crippen LogP contribution < -0.4 is 15.4 Å². The van der Waals surface area contributed by atoms with Crippen LogP contribution >= 0.6 is 35.0 Å².